The fourth-order valence-corrected chi connectivity index (χ4v) is 2.27. The summed E-state index contributed by atoms with van der Waals surface area (Å²) in [6, 6.07) is 7.08. The van der Waals surface area contributed by atoms with Gasteiger partial charge >= 0.3 is 5.97 Å². The number of carbonyl (C=O) groups is 2. The van der Waals surface area contributed by atoms with Gasteiger partial charge in [-0.15, -0.1) is 0 Å². The summed E-state index contributed by atoms with van der Waals surface area (Å²) < 4.78 is 0. The second-order valence-corrected chi connectivity index (χ2v) is 5.21. The first-order chi connectivity index (χ1) is 9.45. The van der Waals surface area contributed by atoms with Gasteiger partial charge in [0.05, 0.1) is 12.5 Å². The molecule has 0 saturated heterocycles. The van der Waals surface area contributed by atoms with E-state index in [2.05, 4.69) is 5.32 Å². The normalized spacial score (nSPS) is 13.6. The standard InChI is InChI=1S/C16H23NO3/c1-4-7-12(3)16(20)17-14(10-15(18)19)13-9-6-5-8-11(13)2/h5-6,8-9,12,14H,4,7,10H2,1-3H3,(H,17,20)(H,18,19). The Balaban J connectivity index is 2.88. The minimum atomic E-state index is -0.915. The van der Waals surface area contributed by atoms with Crippen molar-refractivity contribution in [2.75, 3.05) is 0 Å². The molecule has 0 aliphatic carbocycles. The summed E-state index contributed by atoms with van der Waals surface area (Å²) in [5.74, 6) is -1.09. The third-order valence-electron chi connectivity index (χ3n) is 3.43. The van der Waals surface area contributed by atoms with Crippen LogP contribution in [0, 0.1) is 12.8 Å². The Morgan fingerprint density at radius 1 is 1.30 bits per heavy atom. The molecular formula is C16H23NO3. The molecule has 0 aliphatic heterocycles. The second-order valence-electron chi connectivity index (χ2n) is 5.21. The maximum Gasteiger partial charge on any atom is 0.305 e. The minimum absolute atomic E-state index is 0.0821. The van der Waals surface area contributed by atoms with Crippen LogP contribution >= 0.6 is 0 Å². The van der Waals surface area contributed by atoms with Gasteiger partial charge in [-0.1, -0.05) is 44.5 Å². The molecule has 1 amide bonds. The minimum Gasteiger partial charge on any atom is -0.481 e. The maximum absolute atomic E-state index is 12.1. The van der Waals surface area contributed by atoms with E-state index in [1.165, 1.54) is 0 Å². The van der Waals surface area contributed by atoms with E-state index in [0.717, 1.165) is 24.0 Å². The Labute approximate surface area is 120 Å². The zero-order chi connectivity index (χ0) is 15.1. The van der Waals surface area contributed by atoms with Crippen LogP contribution in [-0.4, -0.2) is 17.0 Å². The van der Waals surface area contributed by atoms with Crippen LogP contribution in [0.3, 0.4) is 0 Å². The second kappa shape index (κ2) is 7.68. The number of hydrogen-bond donors (Lipinski definition) is 2. The molecule has 0 spiro atoms. The quantitative estimate of drug-likeness (QED) is 0.805. The van der Waals surface area contributed by atoms with E-state index in [0.29, 0.717) is 0 Å². The molecule has 1 aromatic rings. The molecule has 2 unspecified atom stereocenters. The molecule has 0 fully saturated rings. The summed E-state index contributed by atoms with van der Waals surface area (Å²) in [7, 11) is 0. The summed E-state index contributed by atoms with van der Waals surface area (Å²) in [6.07, 6.45) is 1.64. The highest BCUT2D eigenvalue weighted by Crippen LogP contribution is 2.21. The molecule has 1 rings (SSSR count). The van der Waals surface area contributed by atoms with E-state index in [4.69, 9.17) is 5.11 Å². The van der Waals surface area contributed by atoms with Crippen molar-refractivity contribution in [2.45, 2.75) is 46.1 Å². The van der Waals surface area contributed by atoms with Crippen molar-refractivity contribution < 1.29 is 14.7 Å². The predicted octanol–water partition coefficient (Wildman–Crippen LogP) is 3.06. The van der Waals surface area contributed by atoms with Crippen LogP contribution < -0.4 is 5.32 Å². The number of carbonyl (C=O) groups excluding carboxylic acids is 1. The van der Waals surface area contributed by atoms with E-state index in [1.54, 1.807) is 0 Å². The number of rotatable bonds is 7. The molecule has 110 valence electrons. The fourth-order valence-electron chi connectivity index (χ4n) is 2.27. The fraction of sp³-hybridized carbons (Fsp3) is 0.500. The molecule has 0 bridgehead atoms. The highest BCUT2D eigenvalue weighted by Gasteiger charge is 2.21. The van der Waals surface area contributed by atoms with Crippen LogP contribution in [0.4, 0.5) is 0 Å². The molecule has 0 aromatic heterocycles. The van der Waals surface area contributed by atoms with Crippen LogP contribution in [0.1, 0.15) is 50.3 Å². The number of benzene rings is 1. The molecule has 1 aromatic carbocycles. The summed E-state index contributed by atoms with van der Waals surface area (Å²) >= 11 is 0. The van der Waals surface area contributed by atoms with Crippen LogP contribution in [0.25, 0.3) is 0 Å². The Kier molecular flexibility index (Phi) is 6.22. The van der Waals surface area contributed by atoms with Crippen molar-refractivity contribution in [3.63, 3.8) is 0 Å². The predicted molar refractivity (Wildman–Crippen MR) is 78.4 cm³/mol. The lowest BCUT2D eigenvalue weighted by Gasteiger charge is -2.21. The number of hydrogen-bond acceptors (Lipinski definition) is 2. The van der Waals surface area contributed by atoms with Gasteiger partial charge in [0.25, 0.3) is 0 Å². The number of carboxylic acid groups (broad SMARTS) is 1. The molecule has 4 nitrogen and oxygen atoms in total. The molecule has 4 heteroatoms. The zero-order valence-corrected chi connectivity index (χ0v) is 12.3. The molecule has 0 saturated carbocycles. The van der Waals surface area contributed by atoms with Gasteiger partial charge in [-0.2, -0.15) is 0 Å². The van der Waals surface area contributed by atoms with E-state index < -0.39 is 12.0 Å². The summed E-state index contributed by atoms with van der Waals surface area (Å²) in [5.41, 5.74) is 1.86. The highest BCUT2D eigenvalue weighted by molar-refractivity contribution is 5.79. The van der Waals surface area contributed by atoms with Crippen molar-refractivity contribution in [2.24, 2.45) is 5.92 Å². The molecule has 2 N–H and O–H groups in total. The van der Waals surface area contributed by atoms with Crippen molar-refractivity contribution in [1.82, 2.24) is 5.32 Å². The number of nitrogens with one attached hydrogen (secondary N) is 1. The monoisotopic (exact) mass is 277 g/mol. The van der Waals surface area contributed by atoms with Gasteiger partial charge in [0, 0.05) is 5.92 Å². The third-order valence-corrected chi connectivity index (χ3v) is 3.43. The number of aliphatic carboxylic acids is 1. The first-order valence-corrected chi connectivity index (χ1v) is 7.03. The lowest BCUT2D eigenvalue weighted by Crippen LogP contribution is -2.34. The lowest BCUT2D eigenvalue weighted by molar-refractivity contribution is -0.137. The summed E-state index contributed by atoms with van der Waals surface area (Å²) in [6.45, 7) is 5.82. The van der Waals surface area contributed by atoms with E-state index in [9.17, 15) is 9.59 Å². The highest BCUT2D eigenvalue weighted by atomic mass is 16.4. The molecule has 0 aliphatic rings. The van der Waals surface area contributed by atoms with E-state index >= 15 is 0 Å². The number of aryl methyl sites for hydroxylation is 1. The van der Waals surface area contributed by atoms with Crippen LogP contribution in [0.2, 0.25) is 0 Å². The number of amides is 1. The van der Waals surface area contributed by atoms with Crippen LogP contribution in [-0.2, 0) is 9.59 Å². The topological polar surface area (TPSA) is 66.4 Å². The first-order valence-electron chi connectivity index (χ1n) is 7.03. The summed E-state index contributed by atoms with van der Waals surface area (Å²) in [5, 5.41) is 11.9. The molecule has 0 heterocycles. The van der Waals surface area contributed by atoms with Crippen LogP contribution in [0.5, 0.6) is 0 Å². The third kappa shape index (κ3) is 4.68. The lowest BCUT2D eigenvalue weighted by atomic mass is 9.97. The zero-order valence-electron chi connectivity index (χ0n) is 12.3. The first kappa shape index (κ1) is 16.2. The Morgan fingerprint density at radius 2 is 1.95 bits per heavy atom. The van der Waals surface area contributed by atoms with Gasteiger partial charge in [0.15, 0.2) is 0 Å². The van der Waals surface area contributed by atoms with E-state index in [1.807, 2.05) is 45.0 Å². The van der Waals surface area contributed by atoms with Crippen molar-refractivity contribution in [1.29, 1.82) is 0 Å². The Bertz CT molecular complexity index is 471. The van der Waals surface area contributed by atoms with Gasteiger partial charge in [-0.25, -0.2) is 0 Å². The smallest absolute Gasteiger partial charge is 0.305 e. The van der Waals surface area contributed by atoms with Gasteiger partial charge in [-0.05, 0) is 24.5 Å². The molecule has 0 radical (unpaired) electrons. The van der Waals surface area contributed by atoms with Gasteiger partial charge in [-0.3, -0.25) is 9.59 Å². The van der Waals surface area contributed by atoms with Gasteiger partial charge in [0.2, 0.25) is 5.91 Å². The van der Waals surface area contributed by atoms with Gasteiger partial charge in [0.1, 0.15) is 0 Å². The van der Waals surface area contributed by atoms with Gasteiger partial charge < -0.3 is 10.4 Å². The molecule has 2 atom stereocenters. The molecule has 20 heavy (non-hydrogen) atoms. The average Bonchev–Trinajstić information content (AvgIpc) is 2.38. The van der Waals surface area contributed by atoms with E-state index in [-0.39, 0.29) is 18.2 Å². The maximum atomic E-state index is 12.1. The average molecular weight is 277 g/mol. The number of carboxylic acids is 1. The molecular weight excluding hydrogens is 254 g/mol. The Morgan fingerprint density at radius 3 is 2.50 bits per heavy atom. The van der Waals surface area contributed by atoms with Crippen molar-refractivity contribution in [3.8, 4) is 0 Å². The summed E-state index contributed by atoms with van der Waals surface area (Å²) in [4.78, 5) is 23.1. The van der Waals surface area contributed by atoms with Crippen molar-refractivity contribution in [3.05, 3.63) is 35.4 Å². The van der Waals surface area contributed by atoms with Crippen molar-refractivity contribution >= 4 is 11.9 Å². The SMILES string of the molecule is CCCC(C)C(=O)NC(CC(=O)O)c1ccccc1C. The Hall–Kier alpha value is -1.84. The largest absolute Gasteiger partial charge is 0.481 e. The van der Waals surface area contributed by atoms with Crippen LogP contribution in [0.15, 0.2) is 24.3 Å².